The Balaban J connectivity index is 1.29. The van der Waals surface area contributed by atoms with Crippen molar-refractivity contribution in [3.8, 4) is 11.8 Å². The smallest absolute Gasteiger partial charge is 0.185 e. The van der Waals surface area contributed by atoms with Crippen molar-refractivity contribution >= 4 is 11.4 Å². The van der Waals surface area contributed by atoms with Gasteiger partial charge in [0.1, 0.15) is 17.6 Å². The molecule has 4 aromatic rings. The van der Waals surface area contributed by atoms with Crippen LogP contribution in [0.2, 0.25) is 0 Å². The van der Waals surface area contributed by atoms with Gasteiger partial charge in [-0.05, 0) is 48.9 Å². The lowest BCUT2D eigenvalue weighted by atomic mass is 10.0. The van der Waals surface area contributed by atoms with E-state index in [9.17, 15) is 18.8 Å². The number of fused-ring (bicyclic) bond motifs is 1. The summed E-state index contributed by atoms with van der Waals surface area (Å²) < 4.78 is 36.5. The van der Waals surface area contributed by atoms with Crippen molar-refractivity contribution in [1.29, 1.82) is 5.26 Å². The summed E-state index contributed by atoms with van der Waals surface area (Å²) in [6.45, 7) is 0.255. The van der Waals surface area contributed by atoms with Crippen LogP contribution in [-0.2, 0) is 13.0 Å². The van der Waals surface area contributed by atoms with Gasteiger partial charge in [0.15, 0.2) is 23.0 Å². The molecule has 0 atom stereocenters. The highest BCUT2D eigenvalue weighted by atomic mass is 19.1. The molecule has 1 aliphatic carbocycles. The minimum absolute atomic E-state index is 0.0777. The first-order valence-electron chi connectivity index (χ1n) is 10.8. The Labute approximate surface area is 193 Å². The van der Waals surface area contributed by atoms with Crippen LogP contribution in [0.25, 0.3) is 5.65 Å². The summed E-state index contributed by atoms with van der Waals surface area (Å²) in [4.78, 5) is 17.1. The number of carbonyl (C=O) groups is 1. The van der Waals surface area contributed by atoms with E-state index in [1.807, 2.05) is 22.9 Å². The summed E-state index contributed by atoms with van der Waals surface area (Å²) in [7, 11) is 1.29. The van der Waals surface area contributed by atoms with Gasteiger partial charge in [0, 0.05) is 24.4 Å². The number of halogens is 2. The van der Waals surface area contributed by atoms with Crippen LogP contribution in [0.3, 0.4) is 0 Å². The van der Waals surface area contributed by atoms with E-state index < -0.39 is 11.6 Å². The van der Waals surface area contributed by atoms with E-state index in [-0.39, 0.29) is 42.2 Å². The Morgan fingerprint density at radius 3 is 2.82 bits per heavy atom. The average Bonchev–Trinajstić information content (AvgIpc) is 3.44. The Morgan fingerprint density at radius 1 is 1.26 bits per heavy atom. The van der Waals surface area contributed by atoms with Gasteiger partial charge in [0.2, 0.25) is 0 Å². The fourth-order valence-electron chi connectivity index (χ4n) is 3.97. The molecule has 8 nitrogen and oxygen atoms in total. The average molecular weight is 462 g/mol. The summed E-state index contributed by atoms with van der Waals surface area (Å²) >= 11 is 0. The number of rotatable bonds is 8. The van der Waals surface area contributed by atoms with Crippen LogP contribution < -0.4 is 4.74 Å². The van der Waals surface area contributed by atoms with Gasteiger partial charge >= 0.3 is 0 Å². The summed E-state index contributed by atoms with van der Waals surface area (Å²) in [5, 5.41) is 17.4. The number of hydrogen-bond donors (Lipinski definition) is 0. The molecule has 34 heavy (non-hydrogen) atoms. The molecule has 0 aliphatic heterocycles. The highest BCUT2D eigenvalue weighted by Crippen LogP contribution is 2.40. The number of Topliss-reactive ketones (excluding diaryl/α,β-unsaturated/α-hetero) is 1. The Bertz CT molecular complexity index is 1450. The maximum absolute atomic E-state index is 14.3. The Morgan fingerprint density at radius 2 is 2.09 bits per heavy atom. The number of imidazole rings is 1. The quantitative estimate of drug-likeness (QED) is 0.369. The van der Waals surface area contributed by atoms with E-state index in [0.29, 0.717) is 22.8 Å². The Hall–Kier alpha value is -4.13. The maximum atomic E-state index is 14.3. The molecule has 0 saturated heterocycles. The molecule has 0 unspecified atom stereocenters. The van der Waals surface area contributed by atoms with Crippen molar-refractivity contribution in [2.75, 3.05) is 7.11 Å². The molecule has 172 valence electrons. The predicted octanol–water partition coefficient (Wildman–Crippen LogP) is 3.83. The van der Waals surface area contributed by atoms with Crippen molar-refractivity contribution in [1.82, 2.24) is 24.4 Å². The number of aromatic nitrogens is 5. The van der Waals surface area contributed by atoms with Crippen LogP contribution in [0.4, 0.5) is 8.78 Å². The topological polar surface area (TPSA) is 98.1 Å². The van der Waals surface area contributed by atoms with Crippen molar-refractivity contribution in [2.24, 2.45) is 0 Å². The predicted molar refractivity (Wildman–Crippen MR) is 117 cm³/mol. The molecule has 0 amide bonds. The molecule has 1 fully saturated rings. The van der Waals surface area contributed by atoms with Crippen LogP contribution >= 0.6 is 0 Å². The van der Waals surface area contributed by atoms with E-state index in [1.165, 1.54) is 24.1 Å². The summed E-state index contributed by atoms with van der Waals surface area (Å²) in [5.41, 5.74) is 2.77. The van der Waals surface area contributed by atoms with E-state index >= 15 is 0 Å². The van der Waals surface area contributed by atoms with Crippen molar-refractivity contribution in [2.45, 2.75) is 38.1 Å². The number of methoxy groups -OCH3 is 1. The molecule has 5 rings (SSSR count). The number of carbonyl (C=O) groups excluding carboxylic acids is 1. The van der Waals surface area contributed by atoms with Gasteiger partial charge in [-0.2, -0.15) is 5.26 Å². The number of ether oxygens (including phenoxy) is 1. The van der Waals surface area contributed by atoms with Gasteiger partial charge in [-0.15, -0.1) is 5.10 Å². The van der Waals surface area contributed by atoms with E-state index in [2.05, 4.69) is 21.4 Å². The summed E-state index contributed by atoms with van der Waals surface area (Å²) in [6.07, 6.45) is 7.30. The zero-order chi connectivity index (χ0) is 23.8. The van der Waals surface area contributed by atoms with Gasteiger partial charge in [-0.1, -0.05) is 5.21 Å². The third kappa shape index (κ3) is 4.12. The highest BCUT2D eigenvalue weighted by Gasteiger charge is 2.25. The van der Waals surface area contributed by atoms with Crippen LogP contribution in [0.15, 0.2) is 36.8 Å². The van der Waals surface area contributed by atoms with Crippen LogP contribution in [-0.4, -0.2) is 37.3 Å². The first-order chi connectivity index (χ1) is 16.5. The molecule has 1 aliphatic rings. The summed E-state index contributed by atoms with van der Waals surface area (Å²) in [6, 6.07) is 6.41. The molecule has 3 heterocycles. The normalized spacial score (nSPS) is 13.2. The standard InChI is InChI=1S/C24H20F2N6O2/c1-34-22-7-5-19(25)18(23(22)26)4-6-21(33)20-13-32(30-29-20)12-17-11-31-10-16(14-2-3-14)8-15(9-27)24(31)28-17/h5,7-8,10-11,13-14H,2-4,6,12H2,1H3. The largest absolute Gasteiger partial charge is 0.494 e. The zero-order valence-electron chi connectivity index (χ0n) is 18.3. The van der Waals surface area contributed by atoms with Crippen molar-refractivity contribution < 1.29 is 18.3 Å². The van der Waals surface area contributed by atoms with E-state index in [0.717, 1.165) is 24.5 Å². The molecule has 3 aromatic heterocycles. The lowest BCUT2D eigenvalue weighted by Gasteiger charge is -2.08. The number of nitrogens with zero attached hydrogens (tertiary/aromatic N) is 6. The molecule has 10 heteroatoms. The number of benzene rings is 1. The third-order valence-electron chi connectivity index (χ3n) is 5.91. The fourth-order valence-corrected chi connectivity index (χ4v) is 3.97. The van der Waals surface area contributed by atoms with Gasteiger partial charge in [-0.3, -0.25) is 4.79 Å². The van der Waals surface area contributed by atoms with Gasteiger partial charge < -0.3 is 9.14 Å². The van der Waals surface area contributed by atoms with Gasteiger partial charge in [-0.25, -0.2) is 18.4 Å². The molecule has 0 spiro atoms. The molecular formula is C24H20F2N6O2. The Kier molecular flexibility index (Phi) is 5.53. The van der Waals surface area contributed by atoms with Gasteiger partial charge in [0.05, 0.1) is 31.1 Å². The maximum Gasteiger partial charge on any atom is 0.185 e. The monoisotopic (exact) mass is 462 g/mol. The molecule has 0 N–H and O–H groups in total. The second-order valence-corrected chi connectivity index (χ2v) is 8.30. The highest BCUT2D eigenvalue weighted by molar-refractivity contribution is 5.94. The minimum atomic E-state index is -0.813. The molecule has 0 radical (unpaired) electrons. The van der Waals surface area contributed by atoms with Crippen LogP contribution in [0.5, 0.6) is 5.75 Å². The lowest BCUT2D eigenvalue weighted by Crippen LogP contribution is -2.05. The van der Waals surface area contributed by atoms with Gasteiger partial charge in [0.25, 0.3) is 0 Å². The zero-order valence-corrected chi connectivity index (χ0v) is 18.3. The fraction of sp³-hybridized carbons (Fsp3) is 0.292. The lowest BCUT2D eigenvalue weighted by molar-refractivity contribution is 0.0977. The number of hydrogen-bond acceptors (Lipinski definition) is 6. The number of ketones is 1. The molecule has 1 aromatic carbocycles. The molecular weight excluding hydrogens is 442 g/mol. The minimum Gasteiger partial charge on any atom is -0.494 e. The SMILES string of the molecule is COc1ccc(F)c(CCC(=O)c2cn(Cc3cn4cc(C5CC5)cc(C#N)c4n3)nn2)c1F. The van der Waals surface area contributed by atoms with Crippen LogP contribution in [0, 0.1) is 23.0 Å². The number of pyridine rings is 1. The summed E-state index contributed by atoms with van der Waals surface area (Å²) in [5.74, 6) is -1.50. The molecule has 0 bridgehead atoms. The first kappa shape index (κ1) is 21.7. The van der Waals surface area contributed by atoms with E-state index in [1.54, 1.807) is 0 Å². The second kappa shape index (κ2) is 8.67. The van der Waals surface area contributed by atoms with Crippen molar-refractivity contribution in [3.63, 3.8) is 0 Å². The first-order valence-corrected chi connectivity index (χ1v) is 10.8. The molecule has 1 saturated carbocycles. The van der Waals surface area contributed by atoms with Crippen molar-refractivity contribution in [3.05, 3.63) is 76.5 Å². The number of nitriles is 1. The second-order valence-electron chi connectivity index (χ2n) is 8.30. The van der Waals surface area contributed by atoms with E-state index in [4.69, 9.17) is 4.74 Å². The third-order valence-corrected chi connectivity index (χ3v) is 5.91. The van der Waals surface area contributed by atoms with Crippen LogP contribution in [0.1, 0.15) is 58.1 Å².